The van der Waals surface area contributed by atoms with Crippen LogP contribution in [0.4, 0.5) is 0 Å². The van der Waals surface area contributed by atoms with Gasteiger partial charge in [-0.3, -0.25) is 4.79 Å². The standard InChI is InChI=1S/C10H17NO5/c1-4-6-16-10(14)8(11-7(3)12)9(13)15-5-2/h8H,4-6H2,1-3H3,(H,11,12). The van der Waals surface area contributed by atoms with Crippen molar-refractivity contribution in [3.63, 3.8) is 0 Å². The fourth-order valence-electron chi connectivity index (χ4n) is 0.929. The number of nitrogens with one attached hydrogen (secondary N) is 1. The molecule has 0 aliphatic heterocycles. The van der Waals surface area contributed by atoms with Crippen molar-refractivity contribution in [2.75, 3.05) is 13.2 Å². The minimum absolute atomic E-state index is 0.135. The molecule has 6 nitrogen and oxygen atoms in total. The summed E-state index contributed by atoms with van der Waals surface area (Å²) in [6, 6.07) is -1.37. The molecule has 0 rings (SSSR count). The van der Waals surface area contributed by atoms with Crippen molar-refractivity contribution in [3.8, 4) is 0 Å². The Balaban J connectivity index is 4.46. The van der Waals surface area contributed by atoms with E-state index in [2.05, 4.69) is 10.1 Å². The number of ether oxygens (including phenoxy) is 2. The van der Waals surface area contributed by atoms with E-state index in [-0.39, 0.29) is 13.2 Å². The first kappa shape index (κ1) is 14.4. The lowest BCUT2D eigenvalue weighted by Crippen LogP contribution is -2.47. The summed E-state index contributed by atoms with van der Waals surface area (Å²) in [6.07, 6.45) is 0.640. The SMILES string of the molecule is CCCOC(=O)C(NC(C)=O)C(=O)OCC. The quantitative estimate of drug-likeness (QED) is 0.514. The van der Waals surface area contributed by atoms with E-state index in [1.807, 2.05) is 6.92 Å². The Morgan fingerprint density at radius 2 is 1.69 bits per heavy atom. The summed E-state index contributed by atoms with van der Waals surface area (Å²) in [5, 5.41) is 2.19. The molecule has 0 aliphatic rings. The van der Waals surface area contributed by atoms with Crippen molar-refractivity contribution in [2.45, 2.75) is 33.2 Å². The van der Waals surface area contributed by atoms with E-state index in [9.17, 15) is 14.4 Å². The van der Waals surface area contributed by atoms with Crippen molar-refractivity contribution in [1.29, 1.82) is 0 Å². The summed E-state index contributed by atoms with van der Waals surface area (Å²) in [5.41, 5.74) is 0. The molecule has 1 N–H and O–H groups in total. The Labute approximate surface area is 94.3 Å². The lowest BCUT2D eigenvalue weighted by Gasteiger charge is -2.14. The molecule has 0 bridgehead atoms. The monoisotopic (exact) mass is 231 g/mol. The van der Waals surface area contributed by atoms with Crippen LogP contribution in [0.1, 0.15) is 27.2 Å². The Morgan fingerprint density at radius 3 is 2.12 bits per heavy atom. The minimum atomic E-state index is -1.37. The highest BCUT2D eigenvalue weighted by Crippen LogP contribution is 1.95. The molecular formula is C10H17NO5. The molecule has 0 heterocycles. The van der Waals surface area contributed by atoms with E-state index in [1.165, 1.54) is 6.92 Å². The highest BCUT2D eigenvalue weighted by molar-refractivity contribution is 6.02. The Hall–Kier alpha value is -1.59. The molecule has 0 aromatic carbocycles. The Bertz CT molecular complexity index is 264. The maximum atomic E-state index is 11.4. The third kappa shape index (κ3) is 5.33. The first-order valence-electron chi connectivity index (χ1n) is 5.13. The van der Waals surface area contributed by atoms with Crippen LogP contribution in [0.25, 0.3) is 0 Å². The maximum absolute atomic E-state index is 11.4. The second kappa shape index (κ2) is 7.67. The first-order valence-corrected chi connectivity index (χ1v) is 5.13. The van der Waals surface area contributed by atoms with E-state index >= 15 is 0 Å². The third-order valence-corrected chi connectivity index (χ3v) is 1.55. The van der Waals surface area contributed by atoms with Crippen molar-refractivity contribution in [1.82, 2.24) is 5.32 Å². The summed E-state index contributed by atoms with van der Waals surface area (Å²) >= 11 is 0. The number of hydrogen-bond acceptors (Lipinski definition) is 5. The van der Waals surface area contributed by atoms with Crippen LogP contribution >= 0.6 is 0 Å². The number of carbonyl (C=O) groups is 3. The summed E-state index contributed by atoms with van der Waals surface area (Å²) in [7, 11) is 0. The molecule has 0 fully saturated rings. The normalized spacial score (nSPS) is 11.4. The summed E-state index contributed by atoms with van der Waals surface area (Å²) < 4.78 is 9.42. The second-order valence-electron chi connectivity index (χ2n) is 3.05. The molecule has 1 unspecified atom stereocenters. The van der Waals surface area contributed by atoms with Gasteiger partial charge in [-0.15, -0.1) is 0 Å². The molecule has 0 aromatic rings. The van der Waals surface area contributed by atoms with Gasteiger partial charge in [0.05, 0.1) is 13.2 Å². The van der Waals surface area contributed by atoms with E-state index < -0.39 is 23.9 Å². The predicted molar refractivity (Wildman–Crippen MR) is 55.5 cm³/mol. The smallest absolute Gasteiger partial charge is 0.340 e. The average molecular weight is 231 g/mol. The summed E-state index contributed by atoms with van der Waals surface area (Å²) in [5.74, 6) is -2.10. The van der Waals surface area contributed by atoms with Crippen LogP contribution < -0.4 is 5.32 Å². The van der Waals surface area contributed by atoms with Gasteiger partial charge in [-0.05, 0) is 13.3 Å². The zero-order chi connectivity index (χ0) is 12.6. The Kier molecular flexibility index (Phi) is 6.91. The molecule has 92 valence electrons. The van der Waals surface area contributed by atoms with Gasteiger partial charge in [0, 0.05) is 6.92 Å². The molecule has 1 amide bonds. The molecule has 6 heteroatoms. The topological polar surface area (TPSA) is 81.7 Å². The van der Waals surface area contributed by atoms with Crippen molar-refractivity contribution in [3.05, 3.63) is 0 Å². The second-order valence-corrected chi connectivity index (χ2v) is 3.05. The van der Waals surface area contributed by atoms with Gasteiger partial charge in [0.25, 0.3) is 0 Å². The number of amides is 1. The van der Waals surface area contributed by atoms with Gasteiger partial charge in [0.1, 0.15) is 0 Å². The van der Waals surface area contributed by atoms with E-state index in [0.717, 1.165) is 0 Å². The molecule has 0 spiro atoms. The third-order valence-electron chi connectivity index (χ3n) is 1.55. The number of hydrogen-bond donors (Lipinski definition) is 1. The van der Waals surface area contributed by atoms with Crippen molar-refractivity contribution < 1.29 is 23.9 Å². The van der Waals surface area contributed by atoms with E-state index in [0.29, 0.717) is 6.42 Å². The zero-order valence-electron chi connectivity index (χ0n) is 9.74. The maximum Gasteiger partial charge on any atom is 0.340 e. The molecule has 0 saturated carbocycles. The van der Waals surface area contributed by atoms with E-state index in [1.54, 1.807) is 6.92 Å². The molecule has 0 radical (unpaired) electrons. The van der Waals surface area contributed by atoms with Crippen LogP contribution in [-0.4, -0.2) is 37.1 Å². The van der Waals surface area contributed by atoms with Crippen molar-refractivity contribution in [2.24, 2.45) is 0 Å². The molecule has 0 saturated heterocycles. The average Bonchev–Trinajstić information content (AvgIpc) is 2.22. The summed E-state index contributed by atoms with van der Waals surface area (Å²) in [6.45, 7) is 4.98. The minimum Gasteiger partial charge on any atom is -0.464 e. The van der Waals surface area contributed by atoms with Crippen LogP contribution in [0.3, 0.4) is 0 Å². The zero-order valence-corrected chi connectivity index (χ0v) is 9.74. The predicted octanol–water partition coefficient (Wildman–Crippen LogP) is 0.00740. The van der Waals surface area contributed by atoms with Gasteiger partial charge in [0.15, 0.2) is 0 Å². The van der Waals surface area contributed by atoms with Gasteiger partial charge < -0.3 is 14.8 Å². The molecule has 0 aromatic heterocycles. The van der Waals surface area contributed by atoms with Crippen LogP contribution in [0.5, 0.6) is 0 Å². The number of esters is 2. The van der Waals surface area contributed by atoms with Crippen LogP contribution in [0.2, 0.25) is 0 Å². The van der Waals surface area contributed by atoms with Gasteiger partial charge in [-0.1, -0.05) is 6.92 Å². The highest BCUT2D eigenvalue weighted by atomic mass is 16.6. The number of carbonyl (C=O) groups excluding carboxylic acids is 3. The highest BCUT2D eigenvalue weighted by Gasteiger charge is 2.30. The van der Waals surface area contributed by atoms with E-state index in [4.69, 9.17) is 4.74 Å². The fourth-order valence-corrected chi connectivity index (χ4v) is 0.929. The lowest BCUT2D eigenvalue weighted by molar-refractivity contribution is -0.159. The van der Waals surface area contributed by atoms with Gasteiger partial charge in [-0.2, -0.15) is 0 Å². The molecule has 1 atom stereocenters. The van der Waals surface area contributed by atoms with Gasteiger partial charge >= 0.3 is 11.9 Å². The largest absolute Gasteiger partial charge is 0.464 e. The lowest BCUT2D eigenvalue weighted by atomic mass is 10.3. The van der Waals surface area contributed by atoms with Gasteiger partial charge in [-0.25, -0.2) is 9.59 Å². The van der Waals surface area contributed by atoms with Crippen LogP contribution in [0, 0.1) is 0 Å². The van der Waals surface area contributed by atoms with Crippen LogP contribution in [0.15, 0.2) is 0 Å². The van der Waals surface area contributed by atoms with Crippen LogP contribution in [-0.2, 0) is 23.9 Å². The molecule has 0 aliphatic carbocycles. The summed E-state index contributed by atoms with van der Waals surface area (Å²) in [4.78, 5) is 33.6. The van der Waals surface area contributed by atoms with Gasteiger partial charge in [0.2, 0.25) is 11.9 Å². The Morgan fingerprint density at radius 1 is 1.12 bits per heavy atom. The number of rotatable bonds is 6. The van der Waals surface area contributed by atoms with Crippen molar-refractivity contribution >= 4 is 17.8 Å². The molecule has 16 heavy (non-hydrogen) atoms. The molecular weight excluding hydrogens is 214 g/mol. The fraction of sp³-hybridized carbons (Fsp3) is 0.700. The first-order chi connectivity index (χ1) is 7.52.